The van der Waals surface area contributed by atoms with E-state index in [1.165, 1.54) is 0 Å². The van der Waals surface area contributed by atoms with Crippen molar-refractivity contribution in [2.45, 2.75) is 12.6 Å². The van der Waals surface area contributed by atoms with Crippen molar-refractivity contribution >= 4 is 5.91 Å². The lowest BCUT2D eigenvalue weighted by molar-refractivity contribution is 0.0730. The van der Waals surface area contributed by atoms with E-state index in [1.807, 2.05) is 48.5 Å². The van der Waals surface area contributed by atoms with Crippen molar-refractivity contribution in [2.24, 2.45) is 0 Å². The molecule has 30 heavy (non-hydrogen) atoms. The number of aromatic nitrogens is 2. The van der Waals surface area contributed by atoms with Crippen LogP contribution in [0.15, 0.2) is 78.9 Å². The Labute approximate surface area is 173 Å². The Kier molecular flexibility index (Phi) is 4.25. The molecule has 4 aromatic rings. The summed E-state index contributed by atoms with van der Waals surface area (Å²) in [5.74, 6) is 0.109. The smallest absolute Gasteiger partial charge is 0.273 e. The zero-order chi connectivity index (χ0) is 20.7. The first kappa shape index (κ1) is 18.0. The molecule has 0 radical (unpaired) electrons. The second kappa shape index (κ2) is 7.08. The number of rotatable bonds is 4. The predicted molar refractivity (Wildman–Crippen MR) is 112 cm³/mol. The minimum absolute atomic E-state index is 0.102. The summed E-state index contributed by atoms with van der Waals surface area (Å²) in [6, 6.07) is 23.2. The van der Waals surface area contributed by atoms with Gasteiger partial charge in [0.2, 0.25) is 0 Å². The van der Waals surface area contributed by atoms with Crippen molar-refractivity contribution in [3.63, 3.8) is 0 Å². The third-order valence-electron chi connectivity index (χ3n) is 5.43. The molecule has 5 rings (SSSR count). The first-order chi connectivity index (χ1) is 14.6. The summed E-state index contributed by atoms with van der Waals surface area (Å²) in [4.78, 5) is 15.1. The van der Waals surface area contributed by atoms with Gasteiger partial charge in [0.25, 0.3) is 5.91 Å². The van der Waals surface area contributed by atoms with Gasteiger partial charge in [0.05, 0.1) is 6.04 Å². The summed E-state index contributed by atoms with van der Waals surface area (Å²) in [5.41, 5.74) is 4.12. The maximum absolute atomic E-state index is 13.3. The molecule has 0 aliphatic carbocycles. The Hall–Kier alpha value is -4.06. The molecule has 0 saturated carbocycles. The maximum Gasteiger partial charge on any atom is 0.273 e. The highest BCUT2D eigenvalue weighted by Crippen LogP contribution is 2.45. The van der Waals surface area contributed by atoms with Gasteiger partial charge in [0.15, 0.2) is 0 Å². The van der Waals surface area contributed by atoms with Gasteiger partial charge in [0.1, 0.15) is 22.9 Å². The third kappa shape index (κ3) is 2.90. The van der Waals surface area contributed by atoms with E-state index < -0.39 is 6.04 Å². The van der Waals surface area contributed by atoms with Crippen LogP contribution in [0.25, 0.3) is 11.3 Å². The van der Waals surface area contributed by atoms with Crippen molar-refractivity contribution in [1.82, 2.24) is 15.1 Å². The number of nitrogens with one attached hydrogen (secondary N) is 1. The number of para-hydroxylation sites is 1. The number of amides is 1. The lowest BCUT2D eigenvalue weighted by atomic mass is 9.95. The SMILES string of the molecule is O=C1c2[nH]nc(-c3ccccc3O)c2C(c2ccc(O)cc2)N1Cc1ccccc1. The zero-order valence-corrected chi connectivity index (χ0v) is 16.0. The first-order valence-electron chi connectivity index (χ1n) is 9.64. The highest BCUT2D eigenvalue weighted by atomic mass is 16.3. The highest BCUT2D eigenvalue weighted by molar-refractivity contribution is 6.00. The molecule has 1 unspecified atom stereocenters. The number of hydrogen-bond acceptors (Lipinski definition) is 4. The summed E-state index contributed by atoms with van der Waals surface area (Å²) in [7, 11) is 0. The molecule has 0 saturated heterocycles. The number of carbonyl (C=O) groups excluding carboxylic acids is 1. The third-order valence-corrected chi connectivity index (χ3v) is 5.43. The number of aromatic amines is 1. The maximum atomic E-state index is 13.3. The van der Waals surface area contributed by atoms with Crippen molar-refractivity contribution in [1.29, 1.82) is 0 Å². The molecule has 0 bridgehead atoms. The van der Waals surface area contributed by atoms with Crippen LogP contribution >= 0.6 is 0 Å². The average Bonchev–Trinajstić information content (AvgIpc) is 3.30. The normalized spacial score (nSPS) is 15.4. The van der Waals surface area contributed by atoms with E-state index in [-0.39, 0.29) is 17.4 Å². The van der Waals surface area contributed by atoms with Crippen LogP contribution in [0.2, 0.25) is 0 Å². The van der Waals surface area contributed by atoms with Crippen LogP contribution in [-0.2, 0) is 6.54 Å². The number of fused-ring (bicyclic) bond motifs is 1. The molecule has 0 spiro atoms. The molecule has 1 aliphatic rings. The van der Waals surface area contributed by atoms with E-state index >= 15 is 0 Å². The lowest BCUT2D eigenvalue weighted by Crippen LogP contribution is -2.29. The van der Waals surface area contributed by atoms with E-state index in [1.54, 1.807) is 35.2 Å². The molecule has 0 fully saturated rings. The minimum Gasteiger partial charge on any atom is -0.508 e. The zero-order valence-electron chi connectivity index (χ0n) is 16.0. The Bertz CT molecular complexity index is 1220. The molecular formula is C24H19N3O3. The van der Waals surface area contributed by atoms with E-state index in [2.05, 4.69) is 10.2 Å². The van der Waals surface area contributed by atoms with Crippen LogP contribution in [-0.4, -0.2) is 31.2 Å². The molecule has 6 nitrogen and oxygen atoms in total. The van der Waals surface area contributed by atoms with Gasteiger partial charge in [0, 0.05) is 17.7 Å². The van der Waals surface area contributed by atoms with Crippen molar-refractivity contribution in [3.8, 4) is 22.8 Å². The Morgan fingerprint density at radius 1 is 0.900 bits per heavy atom. The molecule has 1 atom stereocenters. The topological polar surface area (TPSA) is 89.5 Å². The monoisotopic (exact) mass is 397 g/mol. The molecule has 2 heterocycles. The second-order valence-electron chi connectivity index (χ2n) is 7.29. The molecule has 3 aromatic carbocycles. The fraction of sp³-hybridized carbons (Fsp3) is 0.0833. The van der Waals surface area contributed by atoms with Crippen molar-refractivity contribution in [2.75, 3.05) is 0 Å². The number of nitrogens with zero attached hydrogens (tertiary/aromatic N) is 2. The van der Waals surface area contributed by atoms with Gasteiger partial charge in [-0.2, -0.15) is 5.10 Å². The van der Waals surface area contributed by atoms with E-state index in [4.69, 9.17) is 0 Å². The van der Waals surface area contributed by atoms with Gasteiger partial charge in [-0.3, -0.25) is 9.89 Å². The van der Waals surface area contributed by atoms with Crippen LogP contribution in [0.5, 0.6) is 11.5 Å². The fourth-order valence-electron chi connectivity index (χ4n) is 4.02. The Morgan fingerprint density at radius 3 is 2.33 bits per heavy atom. The minimum atomic E-state index is -0.401. The Balaban J connectivity index is 1.67. The van der Waals surface area contributed by atoms with Crippen LogP contribution in [0.1, 0.15) is 33.2 Å². The highest BCUT2D eigenvalue weighted by Gasteiger charge is 2.42. The van der Waals surface area contributed by atoms with Gasteiger partial charge < -0.3 is 15.1 Å². The summed E-state index contributed by atoms with van der Waals surface area (Å²) in [6.45, 7) is 0.425. The number of H-pyrrole nitrogens is 1. The molecule has 148 valence electrons. The van der Waals surface area contributed by atoms with Gasteiger partial charge in [-0.15, -0.1) is 0 Å². The number of carbonyl (C=O) groups is 1. The number of aromatic hydroxyl groups is 2. The summed E-state index contributed by atoms with van der Waals surface area (Å²) in [6.07, 6.45) is 0. The molecular weight excluding hydrogens is 378 g/mol. The second-order valence-corrected chi connectivity index (χ2v) is 7.29. The fourth-order valence-corrected chi connectivity index (χ4v) is 4.02. The Morgan fingerprint density at radius 2 is 1.60 bits per heavy atom. The van der Waals surface area contributed by atoms with E-state index in [0.717, 1.165) is 16.7 Å². The van der Waals surface area contributed by atoms with Crippen LogP contribution in [0, 0.1) is 0 Å². The van der Waals surface area contributed by atoms with Crippen LogP contribution in [0.4, 0.5) is 0 Å². The molecule has 6 heteroatoms. The lowest BCUT2D eigenvalue weighted by Gasteiger charge is -2.26. The van der Waals surface area contributed by atoms with Crippen LogP contribution < -0.4 is 0 Å². The predicted octanol–water partition coefficient (Wildman–Crippen LogP) is 4.23. The van der Waals surface area contributed by atoms with Crippen molar-refractivity contribution < 1.29 is 15.0 Å². The van der Waals surface area contributed by atoms with E-state index in [9.17, 15) is 15.0 Å². The quantitative estimate of drug-likeness (QED) is 0.481. The summed E-state index contributed by atoms with van der Waals surface area (Å²) in [5, 5.41) is 27.4. The van der Waals surface area contributed by atoms with Gasteiger partial charge in [-0.05, 0) is 35.4 Å². The number of benzene rings is 3. The molecule has 1 aromatic heterocycles. The van der Waals surface area contributed by atoms with Gasteiger partial charge in [-0.25, -0.2) is 0 Å². The van der Waals surface area contributed by atoms with Crippen molar-refractivity contribution in [3.05, 3.63) is 101 Å². The largest absolute Gasteiger partial charge is 0.508 e. The standard InChI is InChI=1S/C24H19N3O3/c28-17-12-10-16(11-13-17)23-20-21(18-8-4-5-9-19(18)29)25-26-22(20)24(30)27(23)14-15-6-2-1-3-7-15/h1-13,23,28-29H,14H2,(H,25,26). The number of hydrogen-bond donors (Lipinski definition) is 3. The average molecular weight is 397 g/mol. The van der Waals surface area contributed by atoms with E-state index in [0.29, 0.717) is 23.5 Å². The van der Waals surface area contributed by atoms with Gasteiger partial charge in [-0.1, -0.05) is 54.6 Å². The number of phenols is 2. The summed E-state index contributed by atoms with van der Waals surface area (Å²) < 4.78 is 0. The molecule has 3 N–H and O–H groups in total. The summed E-state index contributed by atoms with van der Waals surface area (Å²) >= 11 is 0. The molecule has 1 amide bonds. The molecule has 1 aliphatic heterocycles. The van der Waals surface area contributed by atoms with Gasteiger partial charge >= 0.3 is 0 Å². The van der Waals surface area contributed by atoms with Crippen LogP contribution in [0.3, 0.4) is 0 Å². The number of phenolic OH excluding ortho intramolecular Hbond substituents is 2. The first-order valence-corrected chi connectivity index (χ1v) is 9.64.